The molecule has 0 aromatic rings. The molecule has 1 aliphatic carbocycles. The third kappa shape index (κ3) is 4.89. The molecular formula is C16H34N2. The molecule has 1 aliphatic rings. The van der Waals surface area contributed by atoms with E-state index in [1.54, 1.807) is 0 Å². The van der Waals surface area contributed by atoms with Crippen LogP contribution >= 0.6 is 0 Å². The molecule has 2 heteroatoms. The number of nitrogens with two attached hydrogens (primary N) is 1. The van der Waals surface area contributed by atoms with Crippen molar-refractivity contribution in [1.82, 2.24) is 4.90 Å². The van der Waals surface area contributed by atoms with Gasteiger partial charge in [-0.3, -0.25) is 0 Å². The first kappa shape index (κ1) is 16.0. The minimum Gasteiger partial charge on any atom is -0.330 e. The van der Waals surface area contributed by atoms with Crippen molar-refractivity contribution in [1.29, 1.82) is 0 Å². The van der Waals surface area contributed by atoms with Gasteiger partial charge < -0.3 is 10.6 Å². The zero-order valence-corrected chi connectivity index (χ0v) is 13.2. The fraction of sp³-hybridized carbons (Fsp3) is 1.00. The molecule has 0 spiro atoms. The minimum atomic E-state index is 0.381. The molecule has 1 rings (SSSR count). The second-order valence-corrected chi connectivity index (χ2v) is 7.51. The lowest BCUT2D eigenvalue weighted by atomic mass is 9.75. The highest BCUT2D eigenvalue weighted by molar-refractivity contribution is 4.87. The largest absolute Gasteiger partial charge is 0.330 e. The van der Waals surface area contributed by atoms with Gasteiger partial charge in [0.1, 0.15) is 0 Å². The predicted molar refractivity (Wildman–Crippen MR) is 80.7 cm³/mol. The van der Waals surface area contributed by atoms with E-state index < -0.39 is 0 Å². The Kier molecular flexibility index (Phi) is 6.13. The van der Waals surface area contributed by atoms with Gasteiger partial charge >= 0.3 is 0 Å². The maximum atomic E-state index is 5.99. The van der Waals surface area contributed by atoms with Crippen LogP contribution < -0.4 is 5.73 Å². The summed E-state index contributed by atoms with van der Waals surface area (Å²) in [5, 5.41) is 0. The van der Waals surface area contributed by atoms with Crippen LogP contribution in [0.1, 0.15) is 59.8 Å². The first-order valence-corrected chi connectivity index (χ1v) is 7.77. The Morgan fingerprint density at radius 1 is 1.22 bits per heavy atom. The summed E-state index contributed by atoms with van der Waals surface area (Å²) in [6, 6.07) is 0.708. The van der Waals surface area contributed by atoms with E-state index in [4.69, 9.17) is 5.73 Å². The molecule has 2 N–H and O–H groups in total. The minimum absolute atomic E-state index is 0.381. The fourth-order valence-corrected chi connectivity index (χ4v) is 3.64. The summed E-state index contributed by atoms with van der Waals surface area (Å²) in [4.78, 5) is 2.58. The van der Waals surface area contributed by atoms with Crippen molar-refractivity contribution in [2.24, 2.45) is 23.0 Å². The lowest BCUT2D eigenvalue weighted by molar-refractivity contribution is 0.0745. The molecule has 0 aliphatic heterocycles. The van der Waals surface area contributed by atoms with E-state index in [0.717, 1.165) is 12.5 Å². The summed E-state index contributed by atoms with van der Waals surface area (Å²) < 4.78 is 0. The van der Waals surface area contributed by atoms with Crippen LogP contribution in [-0.2, 0) is 0 Å². The van der Waals surface area contributed by atoms with Crippen molar-refractivity contribution in [2.75, 3.05) is 20.1 Å². The van der Waals surface area contributed by atoms with Crippen molar-refractivity contribution in [3.8, 4) is 0 Å². The maximum absolute atomic E-state index is 5.99. The van der Waals surface area contributed by atoms with E-state index in [-0.39, 0.29) is 0 Å². The molecule has 1 fully saturated rings. The zero-order chi connectivity index (χ0) is 13.8. The van der Waals surface area contributed by atoms with E-state index in [0.29, 0.717) is 17.4 Å². The van der Waals surface area contributed by atoms with E-state index in [2.05, 4.69) is 39.6 Å². The van der Waals surface area contributed by atoms with Crippen molar-refractivity contribution in [3.63, 3.8) is 0 Å². The Bertz CT molecular complexity index is 232. The SMILES string of the molecule is CCCC1CCC(CN)C(N(C)CC(C)(C)C)C1. The molecule has 2 nitrogen and oxygen atoms in total. The maximum Gasteiger partial charge on any atom is 0.0135 e. The number of hydrogen-bond acceptors (Lipinski definition) is 2. The topological polar surface area (TPSA) is 29.3 Å². The van der Waals surface area contributed by atoms with Gasteiger partial charge in [0.15, 0.2) is 0 Å². The molecule has 0 aromatic carbocycles. The molecule has 0 amide bonds. The molecule has 1 saturated carbocycles. The lowest BCUT2D eigenvalue weighted by Crippen LogP contribution is -2.47. The summed E-state index contributed by atoms with van der Waals surface area (Å²) in [6.45, 7) is 11.3. The zero-order valence-electron chi connectivity index (χ0n) is 13.2. The molecule has 0 aromatic heterocycles. The first-order valence-electron chi connectivity index (χ1n) is 7.77. The normalized spacial score (nSPS) is 29.8. The van der Waals surface area contributed by atoms with Crippen LogP contribution in [0.5, 0.6) is 0 Å². The number of nitrogens with zero attached hydrogens (tertiary/aromatic N) is 1. The summed E-state index contributed by atoms with van der Waals surface area (Å²) in [7, 11) is 2.30. The van der Waals surface area contributed by atoms with E-state index >= 15 is 0 Å². The lowest BCUT2D eigenvalue weighted by Gasteiger charge is -2.43. The van der Waals surface area contributed by atoms with E-state index in [9.17, 15) is 0 Å². The highest BCUT2D eigenvalue weighted by atomic mass is 15.1. The van der Waals surface area contributed by atoms with Crippen LogP contribution in [0.4, 0.5) is 0 Å². The van der Waals surface area contributed by atoms with Crippen LogP contribution in [0, 0.1) is 17.3 Å². The molecule has 3 unspecified atom stereocenters. The molecule has 3 atom stereocenters. The van der Waals surface area contributed by atoms with E-state index in [1.807, 2.05) is 0 Å². The number of hydrogen-bond donors (Lipinski definition) is 1. The average molecular weight is 254 g/mol. The second-order valence-electron chi connectivity index (χ2n) is 7.51. The molecule has 0 bridgehead atoms. The molecule has 0 saturated heterocycles. The average Bonchev–Trinajstić information content (AvgIpc) is 2.27. The molecule has 18 heavy (non-hydrogen) atoms. The first-order chi connectivity index (χ1) is 8.37. The second kappa shape index (κ2) is 6.91. The third-order valence-corrected chi connectivity index (χ3v) is 4.35. The van der Waals surface area contributed by atoms with Crippen LogP contribution in [0.15, 0.2) is 0 Å². The predicted octanol–water partition coefficient (Wildman–Crippen LogP) is 3.51. The summed E-state index contributed by atoms with van der Waals surface area (Å²) in [5.41, 5.74) is 6.37. The van der Waals surface area contributed by atoms with Gasteiger partial charge in [0.25, 0.3) is 0 Å². The van der Waals surface area contributed by atoms with Crippen molar-refractivity contribution < 1.29 is 0 Å². The van der Waals surface area contributed by atoms with Crippen LogP contribution in [0.2, 0.25) is 0 Å². The number of rotatable bonds is 5. The van der Waals surface area contributed by atoms with Crippen molar-refractivity contribution in [3.05, 3.63) is 0 Å². The van der Waals surface area contributed by atoms with Crippen LogP contribution in [-0.4, -0.2) is 31.1 Å². The Labute approximate surface area is 114 Å². The fourth-order valence-electron chi connectivity index (χ4n) is 3.64. The molecule has 0 radical (unpaired) electrons. The summed E-state index contributed by atoms with van der Waals surface area (Å²) in [5.74, 6) is 1.65. The Morgan fingerprint density at radius 3 is 2.39 bits per heavy atom. The molecule has 0 heterocycles. The van der Waals surface area contributed by atoms with E-state index in [1.165, 1.54) is 38.6 Å². The standard InChI is InChI=1S/C16H34N2/c1-6-7-13-8-9-14(11-17)15(10-13)18(5)12-16(2,3)4/h13-15H,6-12,17H2,1-5H3. The van der Waals surface area contributed by atoms with Gasteiger partial charge in [0.05, 0.1) is 0 Å². The van der Waals surface area contributed by atoms with Gasteiger partial charge in [-0.15, -0.1) is 0 Å². The smallest absolute Gasteiger partial charge is 0.0135 e. The van der Waals surface area contributed by atoms with Gasteiger partial charge in [-0.05, 0) is 43.7 Å². The monoisotopic (exact) mass is 254 g/mol. The summed E-state index contributed by atoms with van der Waals surface area (Å²) >= 11 is 0. The van der Waals surface area contributed by atoms with Crippen LogP contribution in [0.3, 0.4) is 0 Å². The van der Waals surface area contributed by atoms with Crippen molar-refractivity contribution >= 4 is 0 Å². The highest BCUT2D eigenvalue weighted by Gasteiger charge is 2.32. The van der Waals surface area contributed by atoms with Gasteiger partial charge in [0.2, 0.25) is 0 Å². The van der Waals surface area contributed by atoms with Gasteiger partial charge in [-0.2, -0.15) is 0 Å². The van der Waals surface area contributed by atoms with Gasteiger partial charge in [-0.1, -0.05) is 47.0 Å². The molecule has 108 valence electrons. The highest BCUT2D eigenvalue weighted by Crippen LogP contribution is 2.34. The quantitative estimate of drug-likeness (QED) is 0.813. The molecular weight excluding hydrogens is 220 g/mol. The van der Waals surface area contributed by atoms with Crippen LogP contribution in [0.25, 0.3) is 0 Å². The Hall–Kier alpha value is -0.0800. The Balaban J connectivity index is 2.61. The van der Waals surface area contributed by atoms with Crippen molar-refractivity contribution in [2.45, 2.75) is 65.8 Å². The third-order valence-electron chi connectivity index (χ3n) is 4.35. The van der Waals surface area contributed by atoms with Gasteiger partial charge in [-0.25, -0.2) is 0 Å². The Morgan fingerprint density at radius 2 is 1.89 bits per heavy atom. The summed E-state index contributed by atoms with van der Waals surface area (Å²) in [6.07, 6.45) is 6.82. The van der Waals surface area contributed by atoms with Gasteiger partial charge in [0, 0.05) is 12.6 Å².